The number of fused-ring (bicyclic) bond motifs is 1. The van der Waals surface area contributed by atoms with Gasteiger partial charge in [0.1, 0.15) is 36.4 Å². The Morgan fingerprint density at radius 1 is 0.780 bits per heavy atom. The summed E-state index contributed by atoms with van der Waals surface area (Å²) in [6, 6.07) is 35.4. The van der Waals surface area contributed by atoms with E-state index in [-0.39, 0.29) is 12.2 Å². The Hall–Kier alpha value is -4.76. The minimum absolute atomic E-state index is 0.0583. The van der Waals surface area contributed by atoms with Crippen molar-refractivity contribution >= 4 is 51.6 Å². The van der Waals surface area contributed by atoms with Crippen LogP contribution in [-0.4, -0.2) is 5.91 Å². The summed E-state index contributed by atoms with van der Waals surface area (Å²) >= 11 is 12.1. The molecular formula is C34H24Cl2N2O3. The fourth-order valence-electron chi connectivity index (χ4n) is 4.21. The van der Waals surface area contributed by atoms with E-state index in [0.29, 0.717) is 39.4 Å². The van der Waals surface area contributed by atoms with Gasteiger partial charge >= 0.3 is 0 Å². The largest absolute Gasteiger partial charge is 0.489 e. The number of benzene rings is 5. The summed E-state index contributed by atoms with van der Waals surface area (Å²) in [6.07, 6.45) is 1.56. The maximum atomic E-state index is 13.1. The molecule has 0 aliphatic rings. The van der Waals surface area contributed by atoms with Crippen LogP contribution in [0.4, 0.5) is 5.69 Å². The van der Waals surface area contributed by atoms with Crippen LogP contribution in [0, 0.1) is 11.3 Å². The second-order valence-corrected chi connectivity index (χ2v) is 10.1. The van der Waals surface area contributed by atoms with Crippen molar-refractivity contribution < 1.29 is 14.3 Å². The third-order valence-corrected chi connectivity index (χ3v) is 6.79. The molecule has 7 heteroatoms. The van der Waals surface area contributed by atoms with Crippen molar-refractivity contribution in [2.45, 2.75) is 13.2 Å². The second kappa shape index (κ2) is 13.1. The second-order valence-electron chi connectivity index (χ2n) is 9.18. The third-order valence-electron chi connectivity index (χ3n) is 6.30. The molecule has 0 atom stereocenters. The van der Waals surface area contributed by atoms with Gasteiger partial charge in [-0.2, -0.15) is 5.26 Å². The van der Waals surface area contributed by atoms with Crippen molar-refractivity contribution in [3.63, 3.8) is 0 Å². The predicted octanol–water partition coefficient (Wildman–Crippen LogP) is 8.85. The number of halogens is 2. The van der Waals surface area contributed by atoms with Gasteiger partial charge in [-0.15, -0.1) is 0 Å². The highest BCUT2D eigenvalue weighted by Gasteiger charge is 2.14. The quantitative estimate of drug-likeness (QED) is 0.140. The van der Waals surface area contributed by atoms with Crippen molar-refractivity contribution in [3.05, 3.63) is 142 Å². The number of hydrogen-bond acceptors (Lipinski definition) is 4. The number of ether oxygens (including phenoxy) is 2. The predicted molar refractivity (Wildman–Crippen MR) is 164 cm³/mol. The van der Waals surface area contributed by atoms with Gasteiger partial charge in [-0.25, -0.2) is 0 Å². The summed E-state index contributed by atoms with van der Waals surface area (Å²) < 4.78 is 12.0. The summed E-state index contributed by atoms with van der Waals surface area (Å²) in [5.41, 5.74) is 3.00. The highest BCUT2D eigenvalue weighted by atomic mass is 35.5. The van der Waals surface area contributed by atoms with Gasteiger partial charge in [-0.3, -0.25) is 4.79 Å². The Morgan fingerprint density at radius 3 is 2.29 bits per heavy atom. The van der Waals surface area contributed by atoms with Crippen molar-refractivity contribution in [1.29, 1.82) is 5.26 Å². The van der Waals surface area contributed by atoms with Crippen LogP contribution in [0.5, 0.6) is 11.5 Å². The molecule has 1 amide bonds. The van der Waals surface area contributed by atoms with Crippen LogP contribution in [-0.2, 0) is 18.0 Å². The molecule has 0 spiro atoms. The van der Waals surface area contributed by atoms with E-state index in [9.17, 15) is 10.1 Å². The fourth-order valence-corrected chi connectivity index (χ4v) is 4.55. The normalized spacial score (nSPS) is 11.1. The molecule has 0 radical (unpaired) electrons. The number of carbonyl (C=O) groups excluding carboxylic acids is 1. The average molecular weight is 579 g/mol. The van der Waals surface area contributed by atoms with E-state index in [4.69, 9.17) is 32.7 Å². The van der Waals surface area contributed by atoms with Crippen LogP contribution < -0.4 is 14.8 Å². The van der Waals surface area contributed by atoms with E-state index in [1.54, 1.807) is 36.4 Å². The molecule has 0 fully saturated rings. The first-order valence-electron chi connectivity index (χ1n) is 12.8. The van der Waals surface area contributed by atoms with Crippen LogP contribution in [0.1, 0.15) is 16.7 Å². The van der Waals surface area contributed by atoms with Gasteiger partial charge in [-0.05, 0) is 82.6 Å². The maximum absolute atomic E-state index is 13.1. The molecule has 5 aromatic carbocycles. The highest BCUT2D eigenvalue weighted by molar-refractivity contribution is 6.30. The molecule has 0 heterocycles. The Morgan fingerprint density at radius 2 is 1.54 bits per heavy atom. The van der Waals surface area contributed by atoms with Crippen molar-refractivity contribution in [2.24, 2.45) is 0 Å². The first-order chi connectivity index (χ1) is 20.0. The van der Waals surface area contributed by atoms with Crippen molar-refractivity contribution in [1.82, 2.24) is 0 Å². The van der Waals surface area contributed by atoms with Gasteiger partial charge in [0.05, 0.1) is 0 Å². The standard InChI is InChI=1S/C34H24Cl2N2O3/c35-27-11-8-23(9-12-27)21-40-30-15-13-29(14-16-30)38-34(39)26(20-37)19-32-31-7-2-1-5-25(31)10-17-33(32)41-22-24-4-3-6-28(36)18-24/h1-19H,21-22H2,(H,38,39)/b26-19+. The zero-order valence-corrected chi connectivity index (χ0v) is 23.3. The lowest BCUT2D eigenvalue weighted by Gasteiger charge is -2.13. The van der Waals surface area contributed by atoms with Gasteiger partial charge in [0.15, 0.2) is 0 Å². The minimum Gasteiger partial charge on any atom is -0.489 e. The molecule has 0 saturated heterocycles. The number of rotatable bonds is 9. The lowest BCUT2D eigenvalue weighted by Crippen LogP contribution is -2.13. The number of amides is 1. The summed E-state index contributed by atoms with van der Waals surface area (Å²) in [6.45, 7) is 0.664. The lowest BCUT2D eigenvalue weighted by molar-refractivity contribution is -0.112. The van der Waals surface area contributed by atoms with E-state index < -0.39 is 5.91 Å². The van der Waals surface area contributed by atoms with Crippen LogP contribution >= 0.6 is 23.2 Å². The molecule has 1 N–H and O–H groups in total. The van der Waals surface area contributed by atoms with Crippen LogP contribution in [0.25, 0.3) is 16.8 Å². The zero-order chi connectivity index (χ0) is 28.6. The van der Waals surface area contributed by atoms with Crippen LogP contribution in [0.2, 0.25) is 10.0 Å². The molecule has 5 nitrogen and oxygen atoms in total. The smallest absolute Gasteiger partial charge is 0.266 e. The van der Waals surface area contributed by atoms with E-state index >= 15 is 0 Å². The lowest BCUT2D eigenvalue weighted by atomic mass is 10.0. The monoisotopic (exact) mass is 578 g/mol. The van der Waals surface area contributed by atoms with Crippen LogP contribution in [0.3, 0.4) is 0 Å². The number of anilines is 1. The molecule has 0 aliphatic carbocycles. The van der Waals surface area contributed by atoms with E-state index in [1.165, 1.54) is 0 Å². The van der Waals surface area contributed by atoms with Crippen molar-refractivity contribution in [2.75, 3.05) is 5.32 Å². The van der Waals surface area contributed by atoms with Gasteiger partial charge < -0.3 is 14.8 Å². The Kier molecular flexibility index (Phi) is 8.85. The van der Waals surface area contributed by atoms with E-state index in [2.05, 4.69) is 5.32 Å². The molecule has 41 heavy (non-hydrogen) atoms. The first-order valence-corrected chi connectivity index (χ1v) is 13.5. The molecule has 0 aromatic heterocycles. The van der Waals surface area contributed by atoms with E-state index in [0.717, 1.165) is 21.9 Å². The van der Waals surface area contributed by atoms with Gasteiger partial charge in [0.25, 0.3) is 5.91 Å². The molecule has 5 rings (SSSR count). The highest BCUT2D eigenvalue weighted by Crippen LogP contribution is 2.31. The minimum atomic E-state index is -0.531. The summed E-state index contributed by atoms with van der Waals surface area (Å²) in [7, 11) is 0. The molecule has 5 aromatic rings. The topological polar surface area (TPSA) is 71.3 Å². The van der Waals surface area contributed by atoms with Crippen molar-refractivity contribution in [3.8, 4) is 17.6 Å². The summed E-state index contributed by atoms with van der Waals surface area (Å²) in [5, 5.41) is 15.8. The van der Waals surface area contributed by atoms with Crippen LogP contribution in [0.15, 0.2) is 115 Å². The number of nitriles is 1. The Labute approximate surface area is 248 Å². The molecule has 0 saturated carbocycles. The van der Waals surface area contributed by atoms with E-state index in [1.807, 2.05) is 84.9 Å². The summed E-state index contributed by atoms with van der Waals surface area (Å²) in [4.78, 5) is 13.1. The number of nitrogens with one attached hydrogen (secondary N) is 1. The third kappa shape index (κ3) is 7.26. The molecule has 0 bridgehead atoms. The fraction of sp³-hybridized carbons (Fsp3) is 0.0588. The molecular weight excluding hydrogens is 555 g/mol. The SMILES string of the molecule is N#C/C(=C\c1c(OCc2cccc(Cl)c2)ccc2ccccc12)C(=O)Nc1ccc(OCc2ccc(Cl)cc2)cc1. The zero-order valence-electron chi connectivity index (χ0n) is 21.8. The molecule has 0 aliphatic heterocycles. The summed E-state index contributed by atoms with van der Waals surface area (Å²) in [5.74, 6) is 0.661. The van der Waals surface area contributed by atoms with Gasteiger partial charge in [0, 0.05) is 21.3 Å². The average Bonchev–Trinajstić information content (AvgIpc) is 2.99. The van der Waals surface area contributed by atoms with Gasteiger partial charge in [0.2, 0.25) is 0 Å². The van der Waals surface area contributed by atoms with Gasteiger partial charge in [-0.1, -0.05) is 77.8 Å². The molecule has 0 unspecified atom stereocenters. The number of hydrogen-bond donors (Lipinski definition) is 1. The molecule has 202 valence electrons. The Bertz CT molecular complexity index is 1760. The Balaban J connectivity index is 1.33. The number of carbonyl (C=O) groups is 1. The first kappa shape index (κ1) is 27.8. The maximum Gasteiger partial charge on any atom is 0.266 e. The number of nitrogens with zero attached hydrogens (tertiary/aromatic N) is 1.